The van der Waals surface area contributed by atoms with Crippen molar-refractivity contribution in [1.29, 1.82) is 0 Å². The van der Waals surface area contributed by atoms with Gasteiger partial charge in [-0.25, -0.2) is 0 Å². The lowest BCUT2D eigenvalue weighted by molar-refractivity contribution is -0.0307. The first-order valence-electron chi connectivity index (χ1n) is 7.44. The SMILES string of the molecule is CCNC1(CO)CCC(N2CCOCC2CC)C1. The minimum Gasteiger partial charge on any atom is -0.394 e. The predicted molar refractivity (Wildman–Crippen MR) is 72.7 cm³/mol. The van der Waals surface area contributed by atoms with Crippen molar-refractivity contribution < 1.29 is 9.84 Å². The first-order valence-corrected chi connectivity index (χ1v) is 7.44. The van der Waals surface area contributed by atoms with E-state index in [4.69, 9.17) is 4.74 Å². The minimum absolute atomic E-state index is 0.0317. The highest BCUT2D eigenvalue weighted by molar-refractivity contribution is 5.00. The Labute approximate surface area is 111 Å². The van der Waals surface area contributed by atoms with Gasteiger partial charge in [0.05, 0.1) is 19.8 Å². The molecule has 2 fully saturated rings. The molecule has 2 N–H and O–H groups in total. The second kappa shape index (κ2) is 6.33. The van der Waals surface area contributed by atoms with E-state index in [0.29, 0.717) is 12.1 Å². The van der Waals surface area contributed by atoms with Gasteiger partial charge in [-0.15, -0.1) is 0 Å². The van der Waals surface area contributed by atoms with Gasteiger partial charge < -0.3 is 15.2 Å². The van der Waals surface area contributed by atoms with Crippen molar-refractivity contribution in [2.75, 3.05) is 32.9 Å². The lowest BCUT2D eigenvalue weighted by atomic mass is 9.97. The number of aliphatic hydroxyl groups is 1. The molecule has 0 aromatic heterocycles. The van der Waals surface area contributed by atoms with Gasteiger partial charge in [-0.2, -0.15) is 0 Å². The number of aliphatic hydroxyl groups excluding tert-OH is 1. The molecule has 106 valence electrons. The highest BCUT2D eigenvalue weighted by atomic mass is 16.5. The van der Waals surface area contributed by atoms with Gasteiger partial charge in [0, 0.05) is 24.2 Å². The first-order chi connectivity index (χ1) is 8.74. The molecule has 0 aromatic rings. The molecule has 2 aliphatic rings. The topological polar surface area (TPSA) is 44.7 Å². The summed E-state index contributed by atoms with van der Waals surface area (Å²) in [6, 6.07) is 1.19. The van der Waals surface area contributed by atoms with Crippen molar-refractivity contribution in [3.63, 3.8) is 0 Å². The largest absolute Gasteiger partial charge is 0.394 e. The molecule has 0 radical (unpaired) electrons. The molecular weight excluding hydrogens is 228 g/mol. The molecule has 3 atom stereocenters. The maximum Gasteiger partial charge on any atom is 0.0622 e. The molecule has 1 aliphatic carbocycles. The maximum atomic E-state index is 9.68. The van der Waals surface area contributed by atoms with E-state index >= 15 is 0 Å². The van der Waals surface area contributed by atoms with Gasteiger partial charge in [-0.05, 0) is 32.2 Å². The zero-order valence-electron chi connectivity index (χ0n) is 11.8. The smallest absolute Gasteiger partial charge is 0.0622 e. The van der Waals surface area contributed by atoms with Gasteiger partial charge in [0.1, 0.15) is 0 Å². The van der Waals surface area contributed by atoms with E-state index in [1.54, 1.807) is 0 Å². The van der Waals surface area contributed by atoms with Crippen LogP contribution in [0.15, 0.2) is 0 Å². The van der Waals surface area contributed by atoms with Crippen LogP contribution in [0.4, 0.5) is 0 Å². The van der Waals surface area contributed by atoms with E-state index in [9.17, 15) is 5.11 Å². The fraction of sp³-hybridized carbons (Fsp3) is 1.00. The van der Waals surface area contributed by atoms with E-state index in [0.717, 1.165) is 45.6 Å². The summed E-state index contributed by atoms with van der Waals surface area (Å²) in [5.74, 6) is 0. The van der Waals surface area contributed by atoms with Crippen LogP contribution in [-0.4, -0.2) is 60.5 Å². The van der Waals surface area contributed by atoms with E-state index < -0.39 is 0 Å². The predicted octanol–water partition coefficient (Wildman–Crippen LogP) is 0.990. The maximum absolute atomic E-state index is 9.68. The normalized spacial score (nSPS) is 38.2. The molecule has 0 spiro atoms. The third kappa shape index (κ3) is 2.87. The van der Waals surface area contributed by atoms with Crippen molar-refractivity contribution in [2.24, 2.45) is 0 Å². The number of hydrogen-bond donors (Lipinski definition) is 2. The molecule has 0 amide bonds. The highest BCUT2D eigenvalue weighted by Crippen LogP contribution is 2.34. The van der Waals surface area contributed by atoms with E-state index in [-0.39, 0.29) is 12.1 Å². The van der Waals surface area contributed by atoms with Gasteiger partial charge in [0.2, 0.25) is 0 Å². The Hall–Kier alpha value is -0.160. The summed E-state index contributed by atoms with van der Waals surface area (Å²) >= 11 is 0. The van der Waals surface area contributed by atoms with Crippen LogP contribution in [0.25, 0.3) is 0 Å². The zero-order valence-corrected chi connectivity index (χ0v) is 11.8. The van der Waals surface area contributed by atoms with Gasteiger partial charge >= 0.3 is 0 Å². The number of morpholine rings is 1. The number of rotatable bonds is 5. The van der Waals surface area contributed by atoms with E-state index in [1.165, 1.54) is 6.42 Å². The second-order valence-electron chi connectivity index (χ2n) is 5.74. The van der Waals surface area contributed by atoms with Crippen LogP contribution in [0.5, 0.6) is 0 Å². The fourth-order valence-electron chi connectivity index (χ4n) is 3.62. The van der Waals surface area contributed by atoms with Crippen LogP contribution >= 0.6 is 0 Å². The Morgan fingerprint density at radius 1 is 1.44 bits per heavy atom. The van der Waals surface area contributed by atoms with Crippen molar-refractivity contribution >= 4 is 0 Å². The van der Waals surface area contributed by atoms with Gasteiger partial charge in [0.25, 0.3) is 0 Å². The molecule has 1 saturated heterocycles. The number of ether oxygens (including phenoxy) is 1. The molecule has 4 heteroatoms. The quantitative estimate of drug-likeness (QED) is 0.770. The first kappa shape index (κ1) is 14.3. The van der Waals surface area contributed by atoms with Crippen LogP contribution in [0.2, 0.25) is 0 Å². The van der Waals surface area contributed by atoms with Crippen LogP contribution in [0, 0.1) is 0 Å². The minimum atomic E-state index is -0.0317. The number of nitrogens with zero attached hydrogens (tertiary/aromatic N) is 1. The lowest BCUT2D eigenvalue weighted by Gasteiger charge is -2.40. The monoisotopic (exact) mass is 256 g/mol. The van der Waals surface area contributed by atoms with Crippen molar-refractivity contribution in [3.8, 4) is 0 Å². The summed E-state index contributed by atoms with van der Waals surface area (Å²) in [5, 5.41) is 13.2. The zero-order chi connectivity index (χ0) is 13.0. The molecular formula is C14H28N2O2. The van der Waals surface area contributed by atoms with Gasteiger partial charge in [-0.3, -0.25) is 4.90 Å². The van der Waals surface area contributed by atoms with E-state index in [1.807, 2.05) is 0 Å². The van der Waals surface area contributed by atoms with E-state index in [2.05, 4.69) is 24.1 Å². The Balaban J connectivity index is 1.98. The van der Waals surface area contributed by atoms with Crippen LogP contribution in [0.1, 0.15) is 39.5 Å². The van der Waals surface area contributed by atoms with Crippen LogP contribution in [0.3, 0.4) is 0 Å². The second-order valence-corrected chi connectivity index (χ2v) is 5.74. The molecule has 1 aliphatic heterocycles. The summed E-state index contributed by atoms with van der Waals surface area (Å²) in [5.41, 5.74) is -0.0317. The number of hydrogen-bond acceptors (Lipinski definition) is 4. The summed E-state index contributed by atoms with van der Waals surface area (Å²) in [6.45, 7) is 8.35. The molecule has 4 nitrogen and oxygen atoms in total. The Morgan fingerprint density at radius 2 is 2.28 bits per heavy atom. The van der Waals surface area contributed by atoms with Crippen molar-refractivity contribution in [3.05, 3.63) is 0 Å². The number of likely N-dealkylation sites (N-methyl/N-ethyl adjacent to an activating group) is 1. The average molecular weight is 256 g/mol. The van der Waals surface area contributed by atoms with Crippen molar-refractivity contribution in [1.82, 2.24) is 10.2 Å². The molecule has 0 aromatic carbocycles. The fourth-order valence-corrected chi connectivity index (χ4v) is 3.62. The van der Waals surface area contributed by atoms with Gasteiger partial charge in [-0.1, -0.05) is 13.8 Å². The van der Waals surface area contributed by atoms with Crippen molar-refractivity contribution in [2.45, 2.75) is 57.2 Å². The Bertz CT molecular complexity index is 262. The summed E-state index contributed by atoms with van der Waals surface area (Å²) in [7, 11) is 0. The molecule has 18 heavy (non-hydrogen) atoms. The summed E-state index contributed by atoms with van der Waals surface area (Å²) in [4.78, 5) is 2.62. The third-order valence-electron chi connectivity index (χ3n) is 4.65. The molecule has 2 rings (SSSR count). The lowest BCUT2D eigenvalue weighted by Crippen LogP contribution is -2.52. The summed E-state index contributed by atoms with van der Waals surface area (Å²) in [6.07, 6.45) is 4.53. The van der Waals surface area contributed by atoms with Crippen LogP contribution in [-0.2, 0) is 4.74 Å². The average Bonchev–Trinajstić information content (AvgIpc) is 2.84. The molecule has 3 unspecified atom stereocenters. The third-order valence-corrected chi connectivity index (χ3v) is 4.65. The van der Waals surface area contributed by atoms with Gasteiger partial charge in [0.15, 0.2) is 0 Å². The molecule has 1 saturated carbocycles. The highest BCUT2D eigenvalue weighted by Gasteiger charge is 2.42. The summed E-state index contributed by atoms with van der Waals surface area (Å²) < 4.78 is 5.58. The standard InChI is InChI=1S/C14H28N2O2/c1-3-12-10-18-8-7-16(12)13-5-6-14(9-13,11-17)15-4-2/h12-13,15,17H,3-11H2,1-2H3. The number of nitrogens with one attached hydrogen (secondary N) is 1. The Kier molecular flexibility index (Phi) is 5.01. The molecule has 0 bridgehead atoms. The Morgan fingerprint density at radius 3 is 2.94 bits per heavy atom. The molecule has 1 heterocycles. The van der Waals surface area contributed by atoms with Crippen LogP contribution < -0.4 is 5.32 Å².